The largest absolute Gasteiger partial charge is 0.360 e. The molecule has 1 N–H and O–H groups in total. The second-order valence-electron chi connectivity index (χ2n) is 4.28. The number of nitrogens with one attached hydrogen (secondary N) is 1. The van der Waals surface area contributed by atoms with Crippen LogP contribution in [0, 0.1) is 0 Å². The minimum absolute atomic E-state index is 0.380. The summed E-state index contributed by atoms with van der Waals surface area (Å²) in [6.45, 7) is 2.03. The van der Waals surface area contributed by atoms with Crippen molar-refractivity contribution in [3.63, 3.8) is 0 Å². The van der Waals surface area contributed by atoms with E-state index in [4.69, 9.17) is 15.8 Å². The van der Waals surface area contributed by atoms with E-state index in [9.17, 15) is 4.57 Å². The first kappa shape index (κ1) is 17.4. The molecule has 0 radical (unpaired) electrons. The van der Waals surface area contributed by atoms with Gasteiger partial charge in [0.05, 0.1) is 6.61 Å². The van der Waals surface area contributed by atoms with E-state index in [0.29, 0.717) is 13.2 Å². The summed E-state index contributed by atoms with van der Waals surface area (Å²) < 4.78 is 16.4. The lowest BCUT2D eigenvalue weighted by atomic mass is 10.1. The Bertz CT molecular complexity index is 215. The van der Waals surface area contributed by atoms with Gasteiger partial charge in [-0.15, -0.1) is 0 Å². The van der Waals surface area contributed by atoms with E-state index in [-0.39, 0.29) is 0 Å². The highest BCUT2D eigenvalue weighted by molar-refractivity contribution is 7.83. The molecule has 0 spiro atoms. The Morgan fingerprint density at radius 3 is 2.06 bits per heavy atom. The predicted octanol–water partition coefficient (Wildman–Crippen LogP) is 5.10. The summed E-state index contributed by atoms with van der Waals surface area (Å²) >= 11 is 5.66. The van der Waals surface area contributed by atoms with Crippen molar-refractivity contribution in [2.75, 3.05) is 13.2 Å². The van der Waals surface area contributed by atoms with Crippen LogP contribution in [0.15, 0.2) is 0 Å². The molecule has 0 aromatic heterocycles. The third-order valence-electron chi connectivity index (χ3n) is 2.63. The summed E-state index contributed by atoms with van der Waals surface area (Å²) in [6, 6.07) is 0. The fourth-order valence-corrected chi connectivity index (χ4v) is 3.08. The van der Waals surface area contributed by atoms with Gasteiger partial charge in [0.15, 0.2) is 0 Å². The summed E-state index contributed by atoms with van der Waals surface area (Å²) in [7, 11) is 0. The summed E-state index contributed by atoms with van der Waals surface area (Å²) in [5.74, 6) is 0. The Hall–Kier alpha value is 0.440. The highest BCUT2D eigenvalue weighted by Crippen LogP contribution is 2.47. The molecule has 17 heavy (non-hydrogen) atoms. The quantitative estimate of drug-likeness (QED) is 0.400. The second kappa shape index (κ2) is 11.5. The first-order valence-corrected chi connectivity index (χ1v) is 9.34. The molecule has 0 fully saturated rings. The zero-order valence-electron chi connectivity index (χ0n) is 11.2. The lowest BCUT2D eigenvalue weighted by Gasteiger charge is -2.11. The number of unbranched alkanes of at least 4 members (excludes halogenated alkanes) is 7. The topological polar surface area (TPSA) is 38.3 Å². The van der Waals surface area contributed by atoms with Gasteiger partial charge in [0.1, 0.15) is 0 Å². The highest BCUT2D eigenvalue weighted by atomic mass is 35.7. The maximum Gasteiger partial charge on any atom is 0.360 e. The van der Waals surface area contributed by atoms with E-state index in [1.807, 2.05) is 0 Å². The van der Waals surface area contributed by atoms with Crippen LogP contribution in [0.2, 0.25) is 0 Å². The minimum atomic E-state index is -3.04. The van der Waals surface area contributed by atoms with E-state index in [1.54, 1.807) is 6.92 Å². The fraction of sp³-hybridized carbons (Fsp3) is 1.00. The molecule has 0 bridgehead atoms. The summed E-state index contributed by atoms with van der Waals surface area (Å²) in [5.41, 5.74) is 0. The highest BCUT2D eigenvalue weighted by Gasteiger charge is 2.16. The Labute approximate surface area is 111 Å². The van der Waals surface area contributed by atoms with Crippen molar-refractivity contribution in [3.8, 4) is 0 Å². The monoisotopic (exact) mass is 283 g/mol. The molecular formula is C12H27ClNO2P. The molecule has 104 valence electrons. The Balaban J connectivity index is 3.21. The van der Waals surface area contributed by atoms with Crippen molar-refractivity contribution < 1.29 is 9.09 Å². The van der Waals surface area contributed by atoms with Crippen LogP contribution in [-0.4, -0.2) is 13.2 Å². The van der Waals surface area contributed by atoms with Crippen LogP contribution >= 0.6 is 18.1 Å². The van der Waals surface area contributed by atoms with Gasteiger partial charge >= 0.3 is 6.87 Å². The van der Waals surface area contributed by atoms with Crippen LogP contribution in [0.5, 0.6) is 0 Å². The molecule has 0 aromatic carbocycles. The normalized spacial score (nSPS) is 14.8. The van der Waals surface area contributed by atoms with E-state index < -0.39 is 6.87 Å². The van der Waals surface area contributed by atoms with Crippen molar-refractivity contribution >= 4 is 18.1 Å². The molecular weight excluding hydrogens is 257 g/mol. The van der Waals surface area contributed by atoms with Gasteiger partial charge in [0, 0.05) is 6.54 Å². The Morgan fingerprint density at radius 1 is 1.00 bits per heavy atom. The standard InChI is InChI=1S/C12H27ClNO2P/c1-3-5-6-7-8-9-10-11-12-14-17(13,15)16-4-2/h3-12H2,1-2H3,(H,14,15). The maximum atomic E-state index is 11.5. The smallest absolute Gasteiger partial charge is 0.307 e. The van der Waals surface area contributed by atoms with E-state index in [2.05, 4.69) is 12.0 Å². The number of hydrogen-bond donors (Lipinski definition) is 1. The Morgan fingerprint density at radius 2 is 1.53 bits per heavy atom. The lowest BCUT2D eigenvalue weighted by molar-refractivity contribution is 0.336. The van der Waals surface area contributed by atoms with Crippen molar-refractivity contribution in [3.05, 3.63) is 0 Å². The lowest BCUT2D eigenvalue weighted by Crippen LogP contribution is -2.10. The van der Waals surface area contributed by atoms with E-state index in [0.717, 1.165) is 6.42 Å². The molecule has 1 atom stereocenters. The van der Waals surface area contributed by atoms with Gasteiger partial charge in [0.25, 0.3) is 0 Å². The van der Waals surface area contributed by atoms with Crippen LogP contribution in [0.1, 0.15) is 65.2 Å². The van der Waals surface area contributed by atoms with Gasteiger partial charge in [-0.3, -0.25) is 4.57 Å². The zero-order chi connectivity index (χ0) is 13.0. The number of halogens is 1. The van der Waals surface area contributed by atoms with Gasteiger partial charge in [0.2, 0.25) is 0 Å². The van der Waals surface area contributed by atoms with Crippen LogP contribution < -0.4 is 5.09 Å². The molecule has 0 aliphatic carbocycles. The van der Waals surface area contributed by atoms with Gasteiger partial charge in [-0.1, -0.05) is 51.9 Å². The molecule has 0 amide bonds. The second-order valence-corrected chi connectivity index (χ2v) is 7.15. The molecule has 0 rings (SSSR count). The fourth-order valence-electron chi connectivity index (χ4n) is 1.68. The first-order chi connectivity index (χ1) is 8.12. The van der Waals surface area contributed by atoms with E-state index in [1.165, 1.54) is 44.9 Å². The average molecular weight is 284 g/mol. The molecule has 0 saturated heterocycles. The minimum Gasteiger partial charge on any atom is -0.307 e. The SMILES string of the molecule is CCCCCCCCCCNP(=O)(Cl)OCC. The van der Waals surface area contributed by atoms with Crippen molar-refractivity contribution in [2.45, 2.75) is 65.2 Å². The summed E-state index contributed by atoms with van der Waals surface area (Å²) in [4.78, 5) is 0. The molecule has 0 heterocycles. The van der Waals surface area contributed by atoms with Gasteiger partial charge < -0.3 is 4.52 Å². The first-order valence-electron chi connectivity index (χ1n) is 6.81. The van der Waals surface area contributed by atoms with Crippen molar-refractivity contribution in [2.24, 2.45) is 0 Å². The molecule has 0 aliphatic rings. The number of hydrogen-bond acceptors (Lipinski definition) is 2. The van der Waals surface area contributed by atoms with Crippen molar-refractivity contribution in [1.82, 2.24) is 5.09 Å². The predicted molar refractivity (Wildman–Crippen MR) is 75.7 cm³/mol. The summed E-state index contributed by atoms with van der Waals surface area (Å²) in [5, 5.41) is 2.77. The van der Waals surface area contributed by atoms with Gasteiger partial charge in [-0.05, 0) is 24.6 Å². The third-order valence-corrected chi connectivity index (χ3v) is 4.47. The average Bonchev–Trinajstić information content (AvgIpc) is 2.27. The van der Waals surface area contributed by atoms with Gasteiger partial charge in [-0.25, -0.2) is 5.09 Å². The molecule has 0 saturated carbocycles. The van der Waals surface area contributed by atoms with Crippen molar-refractivity contribution in [1.29, 1.82) is 0 Å². The number of rotatable bonds is 12. The molecule has 0 aromatic rings. The molecule has 3 nitrogen and oxygen atoms in total. The molecule has 5 heteroatoms. The summed E-state index contributed by atoms with van der Waals surface area (Å²) in [6.07, 6.45) is 10.1. The maximum absolute atomic E-state index is 11.5. The van der Waals surface area contributed by atoms with Gasteiger partial charge in [-0.2, -0.15) is 0 Å². The van der Waals surface area contributed by atoms with Crippen LogP contribution in [0.25, 0.3) is 0 Å². The zero-order valence-corrected chi connectivity index (χ0v) is 12.9. The van der Waals surface area contributed by atoms with Crippen LogP contribution in [0.4, 0.5) is 0 Å². The molecule has 1 unspecified atom stereocenters. The third kappa shape index (κ3) is 12.7. The van der Waals surface area contributed by atoms with E-state index >= 15 is 0 Å². The van der Waals surface area contributed by atoms with Crippen LogP contribution in [-0.2, 0) is 9.09 Å². The molecule has 0 aliphatic heterocycles. The van der Waals surface area contributed by atoms with Crippen LogP contribution in [0.3, 0.4) is 0 Å². The Kier molecular flexibility index (Phi) is 11.8.